The fourth-order valence-electron chi connectivity index (χ4n) is 4.86. The predicted octanol–water partition coefficient (Wildman–Crippen LogP) is 3.12. The standard InChI is InChI=1S/C26H27N3O3/c1-32-24-15-25(30)29(21-9-3-2-4-10-21)18-23(24)26(31)28-14-12-22(17-28)27-13-11-19-7-5-6-8-20(19)16-27/h2-10,15,18,22H,11-14,16-17H2,1H3/t22-/m0/s1. The van der Waals surface area contributed by atoms with Crippen LogP contribution in [0.25, 0.3) is 5.69 Å². The molecule has 32 heavy (non-hydrogen) atoms. The monoisotopic (exact) mass is 429 g/mol. The number of amides is 1. The maximum Gasteiger partial charge on any atom is 0.259 e. The van der Waals surface area contributed by atoms with Gasteiger partial charge in [0.2, 0.25) is 0 Å². The molecule has 2 aliphatic heterocycles. The molecule has 1 saturated heterocycles. The van der Waals surface area contributed by atoms with Gasteiger partial charge in [-0.25, -0.2) is 0 Å². The molecule has 1 aromatic heterocycles. The highest BCUT2D eigenvalue weighted by Crippen LogP contribution is 2.27. The number of benzene rings is 2. The summed E-state index contributed by atoms with van der Waals surface area (Å²) in [7, 11) is 1.50. The van der Waals surface area contributed by atoms with Crippen molar-refractivity contribution in [1.82, 2.24) is 14.4 Å². The fraction of sp³-hybridized carbons (Fsp3) is 0.308. The Morgan fingerprint density at radius 3 is 2.53 bits per heavy atom. The second-order valence-corrected chi connectivity index (χ2v) is 8.48. The number of hydrogen-bond acceptors (Lipinski definition) is 4. The van der Waals surface area contributed by atoms with E-state index in [0.717, 1.165) is 31.6 Å². The van der Waals surface area contributed by atoms with Gasteiger partial charge in [0.25, 0.3) is 11.5 Å². The molecule has 0 unspecified atom stereocenters. The van der Waals surface area contributed by atoms with Crippen LogP contribution in [0.3, 0.4) is 0 Å². The number of methoxy groups -OCH3 is 1. The van der Waals surface area contributed by atoms with E-state index in [0.29, 0.717) is 30.4 Å². The Kier molecular flexibility index (Phi) is 5.53. The molecule has 1 fully saturated rings. The number of carbonyl (C=O) groups is 1. The molecule has 0 spiro atoms. The van der Waals surface area contributed by atoms with Crippen molar-refractivity contribution in [2.45, 2.75) is 25.4 Å². The molecule has 0 bridgehead atoms. The van der Waals surface area contributed by atoms with Gasteiger partial charge >= 0.3 is 0 Å². The van der Waals surface area contributed by atoms with Gasteiger partial charge in [-0.05, 0) is 36.1 Å². The van der Waals surface area contributed by atoms with Gasteiger partial charge in [-0.15, -0.1) is 0 Å². The van der Waals surface area contributed by atoms with Gasteiger partial charge < -0.3 is 9.64 Å². The zero-order chi connectivity index (χ0) is 22.1. The van der Waals surface area contributed by atoms with Gasteiger partial charge in [0.15, 0.2) is 0 Å². The van der Waals surface area contributed by atoms with Gasteiger partial charge in [-0.1, -0.05) is 42.5 Å². The molecule has 1 atom stereocenters. The Hall–Kier alpha value is -3.38. The number of nitrogens with zero attached hydrogens (tertiary/aromatic N) is 3. The summed E-state index contributed by atoms with van der Waals surface area (Å²) in [6, 6.07) is 19.7. The zero-order valence-corrected chi connectivity index (χ0v) is 18.2. The molecular weight excluding hydrogens is 402 g/mol. The number of likely N-dealkylation sites (tertiary alicyclic amines) is 1. The van der Waals surface area contributed by atoms with Crippen LogP contribution in [0.5, 0.6) is 5.75 Å². The van der Waals surface area contributed by atoms with Crippen molar-refractivity contribution < 1.29 is 9.53 Å². The lowest BCUT2D eigenvalue weighted by molar-refractivity contribution is 0.0769. The second-order valence-electron chi connectivity index (χ2n) is 8.48. The lowest BCUT2D eigenvalue weighted by Gasteiger charge is -2.33. The minimum Gasteiger partial charge on any atom is -0.496 e. The van der Waals surface area contributed by atoms with Crippen molar-refractivity contribution in [1.29, 1.82) is 0 Å². The summed E-state index contributed by atoms with van der Waals surface area (Å²) in [5.41, 5.74) is 3.74. The predicted molar refractivity (Wildman–Crippen MR) is 123 cm³/mol. The van der Waals surface area contributed by atoms with Crippen molar-refractivity contribution in [3.63, 3.8) is 0 Å². The average molecular weight is 430 g/mol. The van der Waals surface area contributed by atoms with E-state index >= 15 is 0 Å². The third kappa shape index (κ3) is 3.82. The Labute approximate surface area is 187 Å². The van der Waals surface area contributed by atoms with Crippen molar-refractivity contribution in [2.24, 2.45) is 0 Å². The Balaban J connectivity index is 1.36. The highest BCUT2D eigenvalue weighted by atomic mass is 16.5. The molecule has 0 N–H and O–H groups in total. The lowest BCUT2D eigenvalue weighted by Crippen LogP contribution is -2.41. The summed E-state index contributed by atoms with van der Waals surface area (Å²) in [5, 5.41) is 0. The molecule has 1 amide bonds. The first-order valence-corrected chi connectivity index (χ1v) is 11.1. The first-order chi connectivity index (χ1) is 15.6. The van der Waals surface area contributed by atoms with E-state index in [2.05, 4.69) is 29.2 Å². The molecular formula is C26H27N3O3. The van der Waals surface area contributed by atoms with Crippen LogP contribution in [0, 0.1) is 0 Å². The van der Waals surface area contributed by atoms with Crippen LogP contribution < -0.4 is 10.3 Å². The number of pyridine rings is 1. The van der Waals surface area contributed by atoms with Crippen molar-refractivity contribution in [2.75, 3.05) is 26.7 Å². The molecule has 2 aliphatic rings. The highest BCUT2D eigenvalue weighted by Gasteiger charge is 2.33. The highest BCUT2D eigenvalue weighted by molar-refractivity contribution is 5.97. The quantitative estimate of drug-likeness (QED) is 0.640. The Morgan fingerprint density at radius 1 is 1.00 bits per heavy atom. The molecule has 0 saturated carbocycles. The first-order valence-electron chi connectivity index (χ1n) is 11.1. The van der Waals surface area contributed by atoms with E-state index < -0.39 is 0 Å². The number of ether oxygens (including phenoxy) is 1. The summed E-state index contributed by atoms with van der Waals surface area (Å²) < 4.78 is 6.91. The fourth-order valence-corrected chi connectivity index (χ4v) is 4.86. The van der Waals surface area contributed by atoms with E-state index in [1.807, 2.05) is 35.2 Å². The summed E-state index contributed by atoms with van der Waals surface area (Å²) >= 11 is 0. The summed E-state index contributed by atoms with van der Waals surface area (Å²) in [4.78, 5) is 30.5. The van der Waals surface area contributed by atoms with Gasteiger partial charge in [0.1, 0.15) is 5.75 Å². The van der Waals surface area contributed by atoms with Gasteiger partial charge in [0, 0.05) is 50.2 Å². The number of para-hydroxylation sites is 1. The average Bonchev–Trinajstić information content (AvgIpc) is 3.34. The van der Waals surface area contributed by atoms with Crippen LogP contribution in [0.2, 0.25) is 0 Å². The molecule has 164 valence electrons. The van der Waals surface area contributed by atoms with Crippen molar-refractivity contribution in [3.8, 4) is 11.4 Å². The number of aromatic nitrogens is 1. The first kappa shape index (κ1) is 20.5. The normalized spacial score (nSPS) is 18.4. The van der Waals surface area contributed by atoms with Crippen LogP contribution in [0.15, 0.2) is 71.7 Å². The molecule has 3 heterocycles. The maximum atomic E-state index is 13.5. The van der Waals surface area contributed by atoms with Crippen LogP contribution in [-0.2, 0) is 13.0 Å². The van der Waals surface area contributed by atoms with E-state index in [4.69, 9.17) is 4.74 Å². The SMILES string of the molecule is COc1cc(=O)n(-c2ccccc2)cc1C(=O)N1CC[C@H](N2CCc3ccccc3C2)C1. The van der Waals surface area contributed by atoms with Crippen LogP contribution in [-0.4, -0.2) is 53.1 Å². The topological polar surface area (TPSA) is 54.8 Å². The van der Waals surface area contributed by atoms with Crippen LogP contribution in [0.1, 0.15) is 27.9 Å². The maximum absolute atomic E-state index is 13.5. The molecule has 0 aliphatic carbocycles. The van der Waals surface area contributed by atoms with Crippen LogP contribution >= 0.6 is 0 Å². The zero-order valence-electron chi connectivity index (χ0n) is 18.2. The van der Waals surface area contributed by atoms with Crippen LogP contribution in [0.4, 0.5) is 0 Å². The largest absolute Gasteiger partial charge is 0.496 e. The molecule has 6 nitrogen and oxygen atoms in total. The molecule has 3 aromatic rings. The molecule has 0 radical (unpaired) electrons. The summed E-state index contributed by atoms with van der Waals surface area (Å²) in [6.07, 6.45) is 3.62. The minimum absolute atomic E-state index is 0.0913. The number of fused-ring (bicyclic) bond motifs is 1. The Morgan fingerprint density at radius 2 is 1.75 bits per heavy atom. The second kappa shape index (κ2) is 8.63. The van der Waals surface area contributed by atoms with Crippen molar-refractivity contribution in [3.05, 3.63) is 93.9 Å². The van der Waals surface area contributed by atoms with E-state index in [9.17, 15) is 9.59 Å². The molecule has 6 heteroatoms. The summed E-state index contributed by atoms with van der Waals surface area (Å²) in [5.74, 6) is 0.231. The smallest absolute Gasteiger partial charge is 0.259 e. The minimum atomic E-state index is -0.226. The van der Waals surface area contributed by atoms with Gasteiger partial charge in [-0.3, -0.25) is 19.1 Å². The third-order valence-corrected chi connectivity index (χ3v) is 6.63. The van der Waals surface area contributed by atoms with E-state index in [-0.39, 0.29) is 11.5 Å². The van der Waals surface area contributed by atoms with E-state index in [1.54, 1.807) is 6.20 Å². The third-order valence-electron chi connectivity index (χ3n) is 6.63. The molecule has 5 rings (SSSR count). The van der Waals surface area contributed by atoms with E-state index in [1.165, 1.54) is 28.9 Å². The number of hydrogen-bond donors (Lipinski definition) is 0. The lowest BCUT2D eigenvalue weighted by atomic mass is 9.98. The Bertz CT molecular complexity index is 1190. The van der Waals surface area contributed by atoms with Gasteiger partial charge in [-0.2, -0.15) is 0 Å². The van der Waals surface area contributed by atoms with Gasteiger partial charge in [0.05, 0.1) is 12.7 Å². The molecule has 2 aromatic carbocycles. The van der Waals surface area contributed by atoms with Crippen molar-refractivity contribution >= 4 is 5.91 Å². The number of rotatable bonds is 4. The number of carbonyl (C=O) groups excluding carboxylic acids is 1. The summed E-state index contributed by atoms with van der Waals surface area (Å²) in [6.45, 7) is 3.35.